The summed E-state index contributed by atoms with van der Waals surface area (Å²) in [6.07, 6.45) is 3.86. The van der Waals surface area contributed by atoms with Gasteiger partial charge in [0.05, 0.1) is 0 Å². The standard InChI is InChI=1S/C24H31FN4O4S/c1-3-27-14-16-28(17-15-27)24(30)20-10-12-29(13-11-20)34(31,32)23-18(2)26-33-22(23)9-8-19-6-4-5-7-21(19)25/h4-9,20H,3,10-17H2,1-2H3/b9-8+. The summed E-state index contributed by atoms with van der Waals surface area (Å²) in [4.78, 5) is 17.2. The average molecular weight is 491 g/mol. The predicted molar refractivity (Wildman–Crippen MR) is 127 cm³/mol. The lowest BCUT2D eigenvalue weighted by Crippen LogP contribution is -2.51. The van der Waals surface area contributed by atoms with Gasteiger partial charge in [-0.25, -0.2) is 12.8 Å². The minimum absolute atomic E-state index is 0.0134. The van der Waals surface area contributed by atoms with Crippen LogP contribution in [0, 0.1) is 18.7 Å². The van der Waals surface area contributed by atoms with E-state index in [2.05, 4.69) is 17.0 Å². The van der Waals surface area contributed by atoms with E-state index >= 15 is 0 Å². The second-order valence-electron chi connectivity index (χ2n) is 8.75. The van der Waals surface area contributed by atoms with E-state index in [0.717, 1.165) is 32.7 Å². The highest BCUT2D eigenvalue weighted by atomic mass is 32.2. The SMILES string of the molecule is CCN1CCN(C(=O)C2CCN(S(=O)(=O)c3c(C)noc3/C=C/c3ccccc3F)CC2)CC1. The van der Waals surface area contributed by atoms with Crippen LogP contribution in [0.2, 0.25) is 0 Å². The van der Waals surface area contributed by atoms with Crippen LogP contribution in [0.25, 0.3) is 12.2 Å². The molecule has 2 aliphatic heterocycles. The minimum Gasteiger partial charge on any atom is -0.355 e. The van der Waals surface area contributed by atoms with Crippen LogP contribution in [0.1, 0.15) is 36.8 Å². The number of hydrogen-bond donors (Lipinski definition) is 0. The third kappa shape index (κ3) is 5.08. The van der Waals surface area contributed by atoms with Gasteiger partial charge < -0.3 is 14.3 Å². The van der Waals surface area contributed by atoms with E-state index in [0.29, 0.717) is 18.4 Å². The molecular formula is C24H31FN4O4S. The normalized spacial score (nSPS) is 19.2. The number of aryl methyl sites for hydroxylation is 1. The summed E-state index contributed by atoms with van der Waals surface area (Å²) in [6, 6.07) is 6.20. The molecule has 2 fully saturated rings. The number of likely N-dealkylation sites (N-methyl/N-ethyl adjacent to an activating group) is 1. The largest absolute Gasteiger partial charge is 0.355 e. The van der Waals surface area contributed by atoms with Crippen molar-refractivity contribution in [3.05, 3.63) is 47.1 Å². The van der Waals surface area contributed by atoms with Crippen molar-refractivity contribution in [3.63, 3.8) is 0 Å². The van der Waals surface area contributed by atoms with Gasteiger partial charge in [-0.1, -0.05) is 30.3 Å². The molecule has 4 rings (SSSR count). The minimum atomic E-state index is -3.88. The molecular weight excluding hydrogens is 459 g/mol. The smallest absolute Gasteiger partial charge is 0.248 e. The highest BCUT2D eigenvalue weighted by molar-refractivity contribution is 7.89. The van der Waals surface area contributed by atoms with Gasteiger partial charge in [-0.2, -0.15) is 4.31 Å². The number of rotatable bonds is 6. The van der Waals surface area contributed by atoms with Crippen LogP contribution < -0.4 is 0 Å². The first kappa shape index (κ1) is 24.6. The van der Waals surface area contributed by atoms with Crippen molar-refractivity contribution >= 4 is 28.1 Å². The lowest BCUT2D eigenvalue weighted by molar-refractivity contribution is -0.138. The van der Waals surface area contributed by atoms with Gasteiger partial charge in [0.2, 0.25) is 15.9 Å². The van der Waals surface area contributed by atoms with Gasteiger partial charge >= 0.3 is 0 Å². The topological polar surface area (TPSA) is 87.0 Å². The molecule has 0 spiro atoms. The molecule has 0 aliphatic carbocycles. The highest BCUT2D eigenvalue weighted by Gasteiger charge is 2.37. The van der Waals surface area contributed by atoms with Crippen LogP contribution in [-0.4, -0.2) is 79.4 Å². The Morgan fingerprint density at radius 2 is 1.79 bits per heavy atom. The van der Waals surface area contributed by atoms with Crippen molar-refractivity contribution < 1.29 is 22.1 Å². The van der Waals surface area contributed by atoms with E-state index in [1.54, 1.807) is 25.1 Å². The first-order chi connectivity index (χ1) is 16.3. The van der Waals surface area contributed by atoms with Crippen molar-refractivity contribution in [2.45, 2.75) is 31.6 Å². The Morgan fingerprint density at radius 3 is 2.44 bits per heavy atom. The monoisotopic (exact) mass is 490 g/mol. The predicted octanol–water partition coefficient (Wildman–Crippen LogP) is 2.86. The number of halogens is 1. The summed E-state index contributed by atoms with van der Waals surface area (Å²) in [7, 11) is -3.88. The van der Waals surface area contributed by atoms with Crippen LogP contribution in [-0.2, 0) is 14.8 Å². The maximum absolute atomic E-state index is 13.9. The first-order valence-corrected chi connectivity index (χ1v) is 13.2. The van der Waals surface area contributed by atoms with E-state index in [1.165, 1.54) is 22.5 Å². The van der Waals surface area contributed by atoms with Gasteiger partial charge in [-0.3, -0.25) is 4.79 Å². The van der Waals surface area contributed by atoms with Crippen LogP contribution in [0.5, 0.6) is 0 Å². The second kappa shape index (κ2) is 10.4. The molecule has 0 radical (unpaired) electrons. The molecule has 0 bridgehead atoms. The number of aromatic nitrogens is 1. The molecule has 3 heterocycles. The number of hydrogen-bond acceptors (Lipinski definition) is 6. The van der Waals surface area contributed by atoms with Crippen molar-refractivity contribution in [2.24, 2.45) is 5.92 Å². The number of sulfonamides is 1. The molecule has 8 nitrogen and oxygen atoms in total. The molecule has 2 aliphatic rings. The molecule has 0 N–H and O–H groups in total. The summed E-state index contributed by atoms with van der Waals surface area (Å²) < 4.78 is 47.5. The van der Waals surface area contributed by atoms with E-state index in [1.807, 2.05) is 4.90 Å². The van der Waals surface area contributed by atoms with E-state index in [4.69, 9.17) is 4.52 Å². The second-order valence-corrected chi connectivity index (χ2v) is 10.6. The Balaban J connectivity index is 1.43. The summed E-state index contributed by atoms with van der Waals surface area (Å²) in [5.74, 6) is -0.388. The van der Waals surface area contributed by atoms with Gasteiger partial charge in [-0.15, -0.1) is 0 Å². The lowest BCUT2D eigenvalue weighted by Gasteiger charge is -2.38. The van der Waals surface area contributed by atoms with Crippen molar-refractivity contribution in [1.82, 2.24) is 19.3 Å². The van der Waals surface area contributed by atoms with Crippen LogP contribution in [0.4, 0.5) is 4.39 Å². The molecule has 1 amide bonds. The first-order valence-electron chi connectivity index (χ1n) is 11.7. The molecule has 0 atom stereocenters. The number of piperidine rings is 1. The van der Waals surface area contributed by atoms with Gasteiger partial charge in [0.25, 0.3) is 0 Å². The maximum Gasteiger partial charge on any atom is 0.248 e. The van der Waals surface area contributed by atoms with Gasteiger partial charge in [0, 0.05) is 50.7 Å². The fraction of sp³-hybridized carbons (Fsp3) is 0.500. The Bertz CT molecular complexity index is 1150. The number of amides is 1. The van der Waals surface area contributed by atoms with E-state index in [-0.39, 0.29) is 41.3 Å². The van der Waals surface area contributed by atoms with Crippen molar-refractivity contribution in [2.75, 3.05) is 45.8 Å². The molecule has 10 heteroatoms. The van der Waals surface area contributed by atoms with Crippen molar-refractivity contribution in [3.8, 4) is 0 Å². The summed E-state index contributed by atoms with van der Waals surface area (Å²) in [5.41, 5.74) is 0.569. The maximum atomic E-state index is 13.9. The number of nitrogens with zero attached hydrogens (tertiary/aromatic N) is 4. The third-order valence-corrected chi connectivity index (χ3v) is 8.74. The molecule has 34 heavy (non-hydrogen) atoms. The Hall–Kier alpha value is -2.56. The molecule has 1 aromatic heterocycles. The number of carbonyl (C=O) groups excluding carboxylic acids is 1. The molecule has 2 aromatic rings. The molecule has 0 unspecified atom stereocenters. The van der Waals surface area contributed by atoms with Crippen LogP contribution in [0.3, 0.4) is 0 Å². The van der Waals surface area contributed by atoms with Gasteiger partial charge in [0.1, 0.15) is 11.5 Å². The lowest BCUT2D eigenvalue weighted by atomic mass is 9.96. The van der Waals surface area contributed by atoms with Gasteiger partial charge in [-0.05, 0) is 44.5 Å². The van der Waals surface area contributed by atoms with E-state index in [9.17, 15) is 17.6 Å². The van der Waals surface area contributed by atoms with Crippen LogP contribution in [0.15, 0.2) is 33.7 Å². The van der Waals surface area contributed by atoms with E-state index < -0.39 is 15.8 Å². The zero-order chi connectivity index (χ0) is 24.3. The molecule has 0 saturated carbocycles. The van der Waals surface area contributed by atoms with Gasteiger partial charge in [0.15, 0.2) is 10.7 Å². The molecule has 184 valence electrons. The highest BCUT2D eigenvalue weighted by Crippen LogP contribution is 2.30. The Kier molecular flexibility index (Phi) is 7.49. The van der Waals surface area contributed by atoms with Crippen LogP contribution >= 0.6 is 0 Å². The average Bonchev–Trinajstić information content (AvgIpc) is 3.24. The summed E-state index contributed by atoms with van der Waals surface area (Å²) >= 11 is 0. The van der Waals surface area contributed by atoms with Crippen molar-refractivity contribution in [1.29, 1.82) is 0 Å². The molecule has 2 saturated heterocycles. The quantitative estimate of drug-likeness (QED) is 0.619. The number of carbonyl (C=O) groups is 1. The molecule has 1 aromatic carbocycles. The number of piperazine rings is 1. The Labute approximate surface area is 200 Å². The summed E-state index contributed by atoms with van der Waals surface area (Å²) in [6.45, 7) is 8.40. The summed E-state index contributed by atoms with van der Waals surface area (Å²) in [5, 5.41) is 3.84. The zero-order valence-corrected chi connectivity index (χ0v) is 20.4. The fourth-order valence-electron chi connectivity index (χ4n) is 4.59. The number of benzene rings is 1. The zero-order valence-electron chi connectivity index (χ0n) is 19.6. The fourth-order valence-corrected chi connectivity index (χ4v) is 6.31. The third-order valence-electron chi connectivity index (χ3n) is 6.69. The Morgan fingerprint density at radius 1 is 1.12 bits per heavy atom.